The van der Waals surface area contributed by atoms with Crippen LogP contribution in [-0.4, -0.2) is 6.04 Å². The molecule has 1 atom stereocenters. The Morgan fingerprint density at radius 1 is 1.64 bits per heavy atom. The van der Waals surface area contributed by atoms with Crippen molar-refractivity contribution < 1.29 is 5.32 Å². The molecule has 0 aliphatic heterocycles. The zero-order valence-corrected chi connectivity index (χ0v) is 8.03. The van der Waals surface area contributed by atoms with Gasteiger partial charge in [-0.25, -0.2) is 0 Å². The van der Waals surface area contributed by atoms with Gasteiger partial charge in [0.05, 0.1) is 6.04 Å². The fourth-order valence-electron chi connectivity index (χ4n) is 0.913. The summed E-state index contributed by atoms with van der Waals surface area (Å²) in [4.78, 5) is 0. The maximum atomic E-state index is 2.39. The van der Waals surface area contributed by atoms with Crippen LogP contribution < -0.4 is 5.32 Å². The van der Waals surface area contributed by atoms with E-state index in [4.69, 9.17) is 0 Å². The first-order valence-corrected chi connectivity index (χ1v) is 5.11. The summed E-state index contributed by atoms with van der Waals surface area (Å²) in [7, 11) is 0. The number of hydrogen-bond donors (Lipinski definition) is 1. The van der Waals surface area contributed by atoms with Crippen LogP contribution in [0.3, 0.4) is 0 Å². The van der Waals surface area contributed by atoms with Crippen molar-refractivity contribution in [2.24, 2.45) is 0 Å². The van der Waals surface area contributed by atoms with Crippen molar-refractivity contribution in [3.63, 3.8) is 0 Å². The standard InChI is InChI=1S/C9H15NS/c1-3-8(2)10-6-9-4-5-11-7-9/h4-5,7-8,10H,3,6H2,1-2H3/p+1/t8-/m0/s1. The normalized spacial score (nSPS) is 13.3. The van der Waals surface area contributed by atoms with E-state index in [1.165, 1.54) is 12.0 Å². The van der Waals surface area contributed by atoms with Crippen LogP contribution in [0.25, 0.3) is 0 Å². The molecule has 0 bridgehead atoms. The lowest BCUT2D eigenvalue weighted by atomic mass is 10.2. The first-order chi connectivity index (χ1) is 5.33. The fourth-order valence-corrected chi connectivity index (χ4v) is 1.59. The minimum Gasteiger partial charge on any atom is -0.340 e. The molecule has 0 fully saturated rings. The Labute approximate surface area is 72.4 Å². The van der Waals surface area contributed by atoms with E-state index in [-0.39, 0.29) is 0 Å². The van der Waals surface area contributed by atoms with Gasteiger partial charge in [-0.1, -0.05) is 6.92 Å². The quantitative estimate of drug-likeness (QED) is 0.707. The van der Waals surface area contributed by atoms with Crippen LogP contribution >= 0.6 is 11.3 Å². The average Bonchev–Trinajstić information content (AvgIpc) is 2.52. The van der Waals surface area contributed by atoms with Crippen molar-refractivity contribution in [3.8, 4) is 0 Å². The Kier molecular flexibility index (Phi) is 3.60. The molecule has 11 heavy (non-hydrogen) atoms. The van der Waals surface area contributed by atoms with Gasteiger partial charge in [-0.3, -0.25) is 0 Å². The minimum absolute atomic E-state index is 0.759. The van der Waals surface area contributed by atoms with E-state index >= 15 is 0 Å². The van der Waals surface area contributed by atoms with E-state index in [0.29, 0.717) is 0 Å². The van der Waals surface area contributed by atoms with Gasteiger partial charge in [-0.05, 0) is 30.2 Å². The SMILES string of the molecule is CC[C@H](C)[NH2+]Cc1ccsc1. The van der Waals surface area contributed by atoms with Crippen LogP contribution in [0, 0.1) is 0 Å². The van der Waals surface area contributed by atoms with E-state index in [2.05, 4.69) is 36.0 Å². The molecular weight excluding hydrogens is 154 g/mol. The molecule has 0 aliphatic carbocycles. The number of rotatable bonds is 4. The summed E-state index contributed by atoms with van der Waals surface area (Å²) < 4.78 is 0. The van der Waals surface area contributed by atoms with Crippen LogP contribution in [0.2, 0.25) is 0 Å². The van der Waals surface area contributed by atoms with Crippen LogP contribution in [-0.2, 0) is 6.54 Å². The van der Waals surface area contributed by atoms with Gasteiger partial charge in [-0.15, -0.1) is 0 Å². The molecule has 0 unspecified atom stereocenters. The molecule has 1 aromatic heterocycles. The highest BCUT2D eigenvalue weighted by molar-refractivity contribution is 7.07. The van der Waals surface area contributed by atoms with Crippen molar-refractivity contribution in [1.82, 2.24) is 0 Å². The third-order valence-electron chi connectivity index (χ3n) is 1.98. The summed E-state index contributed by atoms with van der Waals surface area (Å²) in [6, 6.07) is 2.96. The Bertz CT molecular complexity index is 181. The molecule has 0 radical (unpaired) electrons. The highest BCUT2D eigenvalue weighted by Gasteiger charge is 2.01. The Balaban J connectivity index is 2.23. The van der Waals surface area contributed by atoms with Crippen molar-refractivity contribution >= 4 is 11.3 Å². The molecular formula is C9H16NS+. The van der Waals surface area contributed by atoms with Crippen molar-refractivity contribution in [3.05, 3.63) is 22.4 Å². The van der Waals surface area contributed by atoms with Crippen LogP contribution in [0.4, 0.5) is 0 Å². The van der Waals surface area contributed by atoms with Gasteiger partial charge in [0.15, 0.2) is 0 Å². The molecule has 1 rings (SSSR count). The Morgan fingerprint density at radius 3 is 3.00 bits per heavy atom. The molecule has 0 saturated carbocycles. The molecule has 0 saturated heterocycles. The van der Waals surface area contributed by atoms with Crippen molar-refractivity contribution in [2.75, 3.05) is 0 Å². The first kappa shape index (κ1) is 8.75. The van der Waals surface area contributed by atoms with Gasteiger partial charge >= 0.3 is 0 Å². The lowest BCUT2D eigenvalue weighted by molar-refractivity contribution is -0.701. The highest BCUT2D eigenvalue weighted by atomic mass is 32.1. The molecule has 1 nitrogen and oxygen atoms in total. The van der Waals surface area contributed by atoms with Crippen LogP contribution in [0.5, 0.6) is 0 Å². The molecule has 62 valence electrons. The molecule has 2 heteroatoms. The van der Waals surface area contributed by atoms with E-state index < -0.39 is 0 Å². The lowest BCUT2D eigenvalue weighted by Gasteiger charge is -2.05. The predicted molar refractivity (Wildman–Crippen MR) is 49.7 cm³/mol. The molecule has 0 aromatic carbocycles. The molecule has 2 N–H and O–H groups in total. The van der Waals surface area contributed by atoms with E-state index in [1.54, 1.807) is 11.3 Å². The molecule has 1 heterocycles. The van der Waals surface area contributed by atoms with Gasteiger partial charge in [0.25, 0.3) is 0 Å². The maximum Gasteiger partial charge on any atom is 0.102 e. The van der Waals surface area contributed by atoms with E-state index in [0.717, 1.165) is 12.6 Å². The second-order valence-electron chi connectivity index (χ2n) is 2.96. The zero-order chi connectivity index (χ0) is 8.10. The zero-order valence-electron chi connectivity index (χ0n) is 7.21. The average molecular weight is 170 g/mol. The maximum absolute atomic E-state index is 2.39. The third kappa shape index (κ3) is 3.04. The minimum atomic E-state index is 0.759. The van der Waals surface area contributed by atoms with Gasteiger partial charge in [0.1, 0.15) is 6.54 Å². The summed E-state index contributed by atoms with van der Waals surface area (Å²) in [5, 5.41) is 6.75. The summed E-state index contributed by atoms with van der Waals surface area (Å²) in [5.74, 6) is 0. The second-order valence-corrected chi connectivity index (χ2v) is 3.74. The number of thiophene rings is 1. The van der Waals surface area contributed by atoms with Gasteiger partial charge < -0.3 is 5.32 Å². The van der Waals surface area contributed by atoms with Gasteiger partial charge in [0, 0.05) is 5.56 Å². The predicted octanol–water partition coefficient (Wildman–Crippen LogP) is 1.61. The number of quaternary nitrogens is 1. The van der Waals surface area contributed by atoms with Crippen molar-refractivity contribution in [2.45, 2.75) is 32.9 Å². The number of hydrogen-bond acceptors (Lipinski definition) is 1. The summed E-state index contributed by atoms with van der Waals surface area (Å²) >= 11 is 1.78. The molecule has 0 spiro atoms. The van der Waals surface area contributed by atoms with Crippen LogP contribution in [0.15, 0.2) is 16.8 Å². The Morgan fingerprint density at radius 2 is 2.45 bits per heavy atom. The fraction of sp³-hybridized carbons (Fsp3) is 0.556. The van der Waals surface area contributed by atoms with Crippen molar-refractivity contribution in [1.29, 1.82) is 0 Å². The van der Waals surface area contributed by atoms with Gasteiger partial charge in [0.2, 0.25) is 0 Å². The second kappa shape index (κ2) is 4.52. The molecule has 1 aromatic rings. The smallest absolute Gasteiger partial charge is 0.102 e. The van der Waals surface area contributed by atoms with E-state index in [1.807, 2.05) is 0 Å². The molecule has 0 aliphatic rings. The van der Waals surface area contributed by atoms with Crippen LogP contribution in [0.1, 0.15) is 25.8 Å². The first-order valence-electron chi connectivity index (χ1n) is 4.17. The Hall–Kier alpha value is -0.340. The monoisotopic (exact) mass is 170 g/mol. The largest absolute Gasteiger partial charge is 0.340 e. The summed E-state index contributed by atoms with van der Waals surface area (Å²) in [5.41, 5.74) is 1.45. The van der Waals surface area contributed by atoms with Gasteiger partial charge in [-0.2, -0.15) is 11.3 Å². The summed E-state index contributed by atoms with van der Waals surface area (Å²) in [6.45, 7) is 5.64. The summed E-state index contributed by atoms with van der Waals surface area (Å²) in [6.07, 6.45) is 1.25. The van der Waals surface area contributed by atoms with E-state index in [9.17, 15) is 0 Å². The molecule has 0 amide bonds. The number of nitrogens with two attached hydrogens (primary N) is 1. The topological polar surface area (TPSA) is 16.6 Å². The highest BCUT2D eigenvalue weighted by Crippen LogP contribution is 2.03. The third-order valence-corrected chi connectivity index (χ3v) is 2.71. The lowest BCUT2D eigenvalue weighted by Crippen LogP contribution is -2.87.